The van der Waals surface area contributed by atoms with Gasteiger partial charge in [0.05, 0.1) is 29.9 Å². The van der Waals surface area contributed by atoms with E-state index in [-0.39, 0.29) is 22.6 Å². The first-order valence-corrected chi connectivity index (χ1v) is 13.7. The number of benzene rings is 3. The summed E-state index contributed by atoms with van der Waals surface area (Å²) in [5, 5.41) is 8.52. The number of amides is 3. The lowest BCUT2D eigenvalue weighted by molar-refractivity contribution is -0.274. The highest BCUT2D eigenvalue weighted by molar-refractivity contribution is 8.15. The molecule has 0 spiro atoms. The highest BCUT2D eigenvalue weighted by Crippen LogP contribution is 2.34. The summed E-state index contributed by atoms with van der Waals surface area (Å²) >= 11 is 1.14. The number of aliphatic imine (C=N–C) groups is 1. The van der Waals surface area contributed by atoms with Crippen LogP contribution in [0.3, 0.4) is 0 Å². The fourth-order valence-corrected chi connectivity index (χ4v) is 4.77. The molecule has 1 saturated heterocycles. The molecular weight excluding hydrogens is 587 g/mol. The SMILES string of the molecule is CCOc1ccccc1N1C(=O)CS/C1=N\C(=O)N/N=C/c1ccc(-c2ncn(-c3ccc(OC(F)(F)F)cc3)n2)cc1. The first kappa shape index (κ1) is 29.3. The van der Waals surface area contributed by atoms with Crippen LogP contribution in [0.15, 0.2) is 89.2 Å². The van der Waals surface area contributed by atoms with E-state index in [9.17, 15) is 22.8 Å². The third-order valence-electron chi connectivity index (χ3n) is 5.74. The summed E-state index contributed by atoms with van der Waals surface area (Å²) < 4.78 is 48.0. The molecule has 1 aliphatic rings. The van der Waals surface area contributed by atoms with Gasteiger partial charge in [-0.05, 0) is 48.9 Å². The van der Waals surface area contributed by atoms with Crippen molar-refractivity contribution < 1.29 is 32.2 Å². The summed E-state index contributed by atoms with van der Waals surface area (Å²) in [4.78, 5) is 34.6. The molecule has 0 atom stereocenters. The summed E-state index contributed by atoms with van der Waals surface area (Å²) in [5.74, 6) is 0.474. The number of urea groups is 1. The minimum absolute atomic E-state index is 0.137. The molecule has 220 valence electrons. The number of halogens is 3. The molecule has 2 heterocycles. The molecule has 0 saturated carbocycles. The number of ether oxygens (including phenoxy) is 2. The van der Waals surface area contributed by atoms with Crippen LogP contribution in [0.25, 0.3) is 17.1 Å². The molecule has 1 N–H and O–H groups in total. The number of aromatic nitrogens is 3. The molecule has 15 heteroatoms. The monoisotopic (exact) mass is 609 g/mol. The van der Waals surface area contributed by atoms with Gasteiger partial charge in [0.2, 0.25) is 5.91 Å². The number of hydrogen-bond acceptors (Lipinski definition) is 8. The van der Waals surface area contributed by atoms with Crippen LogP contribution < -0.4 is 19.8 Å². The third-order valence-corrected chi connectivity index (χ3v) is 6.66. The van der Waals surface area contributed by atoms with Gasteiger partial charge in [-0.2, -0.15) is 10.1 Å². The topological polar surface area (TPSA) is 123 Å². The van der Waals surface area contributed by atoms with Gasteiger partial charge in [0.1, 0.15) is 17.8 Å². The number of hydrogen-bond donors (Lipinski definition) is 1. The van der Waals surface area contributed by atoms with Crippen molar-refractivity contribution in [1.29, 1.82) is 0 Å². The summed E-state index contributed by atoms with van der Waals surface area (Å²) in [6.45, 7) is 2.25. The maximum atomic E-state index is 12.5. The van der Waals surface area contributed by atoms with Gasteiger partial charge >= 0.3 is 12.4 Å². The molecule has 3 amide bonds. The summed E-state index contributed by atoms with van der Waals surface area (Å²) in [7, 11) is 0. The minimum Gasteiger partial charge on any atom is -0.492 e. The van der Waals surface area contributed by atoms with Crippen molar-refractivity contribution in [3.8, 4) is 28.6 Å². The Morgan fingerprint density at radius 2 is 1.84 bits per heavy atom. The second kappa shape index (κ2) is 12.8. The lowest BCUT2D eigenvalue weighted by atomic mass is 10.1. The lowest BCUT2D eigenvalue weighted by Gasteiger charge is -2.19. The molecule has 43 heavy (non-hydrogen) atoms. The number of rotatable bonds is 8. The van der Waals surface area contributed by atoms with E-state index in [1.807, 2.05) is 6.92 Å². The zero-order valence-corrected chi connectivity index (χ0v) is 23.2. The Morgan fingerprint density at radius 1 is 1.09 bits per heavy atom. The second-order valence-electron chi connectivity index (χ2n) is 8.66. The first-order valence-electron chi connectivity index (χ1n) is 12.7. The number of thioether (sulfide) groups is 1. The number of amidine groups is 1. The van der Waals surface area contributed by atoms with Gasteiger partial charge in [-0.3, -0.25) is 9.69 Å². The third kappa shape index (κ3) is 7.37. The van der Waals surface area contributed by atoms with E-state index in [4.69, 9.17) is 4.74 Å². The zero-order chi connectivity index (χ0) is 30.4. The summed E-state index contributed by atoms with van der Waals surface area (Å²) in [6.07, 6.45) is -1.91. The largest absolute Gasteiger partial charge is 0.573 e. The van der Waals surface area contributed by atoms with Crippen LogP contribution in [0.1, 0.15) is 12.5 Å². The summed E-state index contributed by atoms with van der Waals surface area (Å²) in [5.41, 5.74) is 4.67. The van der Waals surface area contributed by atoms with Crippen molar-refractivity contribution in [2.24, 2.45) is 10.1 Å². The maximum Gasteiger partial charge on any atom is 0.573 e. The Bertz CT molecular complexity index is 1670. The van der Waals surface area contributed by atoms with Crippen LogP contribution in [-0.4, -0.2) is 56.8 Å². The lowest BCUT2D eigenvalue weighted by Crippen LogP contribution is -2.31. The van der Waals surface area contributed by atoms with Crippen molar-refractivity contribution in [3.63, 3.8) is 0 Å². The number of hydrazone groups is 1. The Balaban J connectivity index is 1.20. The number of para-hydroxylation sites is 2. The Labute approximate surface area is 247 Å². The molecule has 11 nitrogen and oxygen atoms in total. The fourth-order valence-electron chi connectivity index (χ4n) is 3.91. The van der Waals surface area contributed by atoms with E-state index in [1.165, 1.54) is 46.4 Å². The van der Waals surface area contributed by atoms with E-state index in [1.54, 1.807) is 48.5 Å². The number of carbonyl (C=O) groups is 2. The number of nitrogens with one attached hydrogen (secondary N) is 1. The number of anilines is 1. The number of carbonyl (C=O) groups excluding carboxylic acids is 2. The zero-order valence-electron chi connectivity index (χ0n) is 22.4. The van der Waals surface area contributed by atoms with E-state index in [0.717, 1.165) is 11.8 Å². The molecule has 0 radical (unpaired) electrons. The molecule has 1 aromatic heterocycles. The summed E-state index contributed by atoms with van der Waals surface area (Å²) in [6, 6.07) is 18.5. The smallest absolute Gasteiger partial charge is 0.492 e. The predicted molar refractivity (Wildman–Crippen MR) is 155 cm³/mol. The van der Waals surface area contributed by atoms with Crippen molar-refractivity contribution in [1.82, 2.24) is 20.2 Å². The van der Waals surface area contributed by atoms with E-state index in [0.29, 0.717) is 40.7 Å². The number of alkyl halides is 3. The standard InChI is InChI=1S/C28H22F3N7O4S/c1-2-41-23-6-4-3-5-22(23)38-24(39)16-43-27(38)34-26(40)35-33-15-18-7-9-19(10-8-18)25-32-17-37(36-25)20-11-13-21(14-12-20)42-28(29,30)31/h3-15,17H,2,16H2,1H3,(H,35,40)/b33-15+,34-27-. The second-order valence-corrected chi connectivity index (χ2v) is 9.61. The predicted octanol–water partition coefficient (Wildman–Crippen LogP) is 5.41. The van der Waals surface area contributed by atoms with Crippen LogP contribution in [-0.2, 0) is 4.79 Å². The maximum absolute atomic E-state index is 12.5. The van der Waals surface area contributed by atoms with Crippen molar-refractivity contribution in [3.05, 3.63) is 84.7 Å². The molecule has 1 aliphatic heterocycles. The fraction of sp³-hybridized carbons (Fsp3) is 0.143. The van der Waals surface area contributed by atoms with Gasteiger partial charge in [0.15, 0.2) is 11.0 Å². The van der Waals surface area contributed by atoms with E-state index in [2.05, 4.69) is 30.3 Å². The Hall–Kier alpha value is -5.18. The molecule has 3 aromatic carbocycles. The first-order chi connectivity index (χ1) is 20.7. The molecule has 0 unspecified atom stereocenters. The van der Waals surface area contributed by atoms with Crippen molar-refractivity contribution in [2.45, 2.75) is 13.3 Å². The average Bonchev–Trinajstić information content (AvgIpc) is 3.61. The Morgan fingerprint density at radius 3 is 2.56 bits per heavy atom. The van der Waals surface area contributed by atoms with Crippen LogP contribution in [0.4, 0.5) is 23.7 Å². The van der Waals surface area contributed by atoms with Crippen LogP contribution in [0.5, 0.6) is 11.5 Å². The minimum atomic E-state index is -4.77. The highest BCUT2D eigenvalue weighted by Gasteiger charge is 2.32. The number of nitrogens with zero attached hydrogens (tertiary/aromatic N) is 6. The highest BCUT2D eigenvalue weighted by atomic mass is 32.2. The molecular formula is C28H22F3N7O4S. The van der Waals surface area contributed by atoms with Crippen molar-refractivity contribution >= 4 is 40.8 Å². The van der Waals surface area contributed by atoms with E-state index < -0.39 is 12.4 Å². The molecule has 0 aliphatic carbocycles. The van der Waals surface area contributed by atoms with Crippen molar-refractivity contribution in [2.75, 3.05) is 17.3 Å². The quantitative estimate of drug-likeness (QED) is 0.209. The van der Waals surface area contributed by atoms with Crippen LogP contribution in [0.2, 0.25) is 0 Å². The van der Waals surface area contributed by atoms with Gasteiger partial charge in [0.25, 0.3) is 0 Å². The molecule has 1 fully saturated rings. The van der Waals surface area contributed by atoms with Gasteiger partial charge < -0.3 is 9.47 Å². The van der Waals surface area contributed by atoms with Gasteiger partial charge in [-0.25, -0.2) is 19.9 Å². The van der Waals surface area contributed by atoms with E-state index >= 15 is 0 Å². The Kier molecular flexibility index (Phi) is 8.71. The van der Waals surface area contributed by atoms with Crippen LogP contribution >= 0.6 is 11.8 Å². The van der Waals surface area contributed by atoms with Gasteiger partial charge in [0, 0.05) is 5.56 Å². The molecule has 0 bridgehead atoms. The van der Waals surface area contributed by atoms with Crippen LogP contribution in [0, 0.1) is 0 Å². The average molecular weight is 610 g/mol. The van der Waals surface area contributed by atoms with Gasteiger partial charge in [-0.1, -0.05) is 48.2 Å². The molecule has 4 aromatic rings. The van der Waals surface area contributed by atoms with Gasteiger partial charge in [-0.15, -0.1) is 18.3 Å². The normalized spacial score (nSPS) is 14.5. The molecule has 5 rings (SSSR count).